The fourth-order valence-electron chi connectivity index (χ4n) is 2.53. The fourth-order valence-corrected chi connectivity index (χ4v) is 4.04. The summed E-state index contributed by atoms with van der Waals surface area (Å²) in [6.07, 6.45) is 1.59. The Balaban J connectivity index is 2.41. The Hall–Kier alpha value is -2.67. The van der Waals surface area contributed by atoms with Crippen LogP contribution in [0.5, 0.6) is 0 Å². The Morgan fingerprint density at radius 2 is 1.81 bits per heavy atom. The van der Waals surface area contributed by atoms with Gasteiger partial charge in [-0.1, -0.05) is 49.7 Å². The highest BCUT2D eigenvalue weighted by molar-refractivity contribution is 7.92. The monoisotopic (exact) mass is 387 g/mol. The van der Waals surface area contributed by atoms with Gasteiger partial charge in [-0.25, -0.2) is 13.8 Å². The first kappa shape index (κ1) is 20.6. The van der Waals surface area contributed by atoms with Gasteiger partial charge in [0.1, 0.15) is 6.54 Å². The molecule has 2 aromatic rings. The van der Waals surface area contributed by atoms with Crippen LogP contribution < -0.4 is 9.73 Å². The molecule has 0 aromatic heterocycles. The van der Waals surface area contributed by atoms with Crippen LogP contribution in [0.25, 0.3) is 0 Å². The zero-order valence-electron chi connectivity index (χ0n) is 16.0. The zero-order chi connectivity index (χ0) is 20.0. The van der Waals surface area contributed by atoms with Crippen LogP contribution in [0.4, 0.5) is 5.69 Å². The second-order valence-electron chi connectivity index (χ2n) is 6.67. The van der Waals surface area contributed by atoms with Gasteiger partial charge in [0.2, 0.25) is 0 Å². The zero-order valence-corrected chi connectivity index (χ0v) is 16.8. The van der Waals surface area contributed by atoms with E-state index < -0.39 is 15.9 Å². The van der Waals surface area contributed by atoms with Crippen molar-refractivity contribution in [2.45, 2.75) is 32.6 Å². The summed E-state index contributed by atoms with van der Waals surface area (Å²) in [6.45, 7) is 7.25. The summed E-state index contributed by atoms with van der Waals surface area (Å²) in [5, 5.41) is 3.86. The quantitative estimate of drug-likeness (QED) is 0.585. The number of hydrogen-bond donors (Lipinski definition) is 1. The molecule has 0 fully saturated rings. The van der Waals surface area contributed by atoms with Crippen molar-refractivity contribution in [3.05, 3.63) is 59.7 Å². The number of amides is 1. The molecule has 0 unspecified atom stereocenters. The van der Waals surface area contributed by atoms with Gasteiger partial charge < -0.3 is 0 Å². The van der Waals surface area contributed by atoms with Gasteiger partial charge in [0.15, 0.2) is 0 Å². The predicted octanol–water partition coefficient (Wildman–Crippen LogP) is 3.26. The maximum absolute atomic E-state index is 13.2. The topological polar surface area (TPSA) is 78.8 Å². The lowest BCUT2D eigenvalue weighted by Crippen LogP contribution is -2.40. The summed E-state index contributed by atoms with van der Waals surface area (Å²) in [5.41, 5.74) is 4.64. The smallest absolute Gasteiger partial charge is 0.264 e. The molecular weight excluding hydrogens is 362 g/mol. The molecule has 144 valence electrons. The highest BCUT2D eigenvalue weighted by Gasteiger charge is 2.28. The molecule has 2 rings (SSSR count). The normalized spacial score (nSPS) is 11.7. The van der Waals surface area contributed by atoms with Crippen LogP contribution in [-0.2, 0) is 14.8 Å². The van der Waals surface area contributed by atoms with Crippen LogP contribution in [-0.4, -0.2) is 27.1 Å². The second-order valence-corrected chi connectivity index (χ2v) is 8.53. The molecule has 1 amide bonds. The minimum Gasteiger partial charge on any atom is -0.271 e. The van der Waals surface area contributed by atoms with Gasteiger partial charge in [-0.15, -0.1) is 0 Å². The molecule has 27 heavy (non-hydrogen) atoms. The third kappa shape index (κ3) is 5.40. The van der Waals surface area contributed by atoms with Crippen LogP contribution in [0.2, 0.25) is 0 Å². The Labute approximate surface area is 161 Å². The van der Waals surface area contributed by atoms with Crippen LogP contribution >= 0.6 is 0 Å². The van der Waals surface area contributed by atoms with Crippen LogP contribution in [0.15, 0.2) is 58.5 Å². The summed E-state index contributed by atoms with van der Waals surface area (Å²) in [4.78, 5) is 12.5. The first-order valence-corrected chi connectivity index (χ1v) is 10.1. The van der Waals surface area contributed by atoms with Gasteiger partial charge >= 0.3 is 0 Å². The van der Waals surface area contributed by atoms with E-state index in [9.17, 15) is 13.2 Å². The maximum atomic E-state index is 13.2. The number of carbonyl (C=O) groups excluding carboxylic acids is 1. The summed E-state index contributed by atoms with van der Waals surface area (Å²) in [6, 6.07) is 13.5. The van der Waals surface area contributed by atoms with Gasteiger partial charge in [0.05, 0.1) is 10.6 Å². The molecular formula is C20H25N3O3S. The molecule has 1 N–H and O–H groups in total. The number of rotatable bonds is 7. The number of sulfonamides is 1. The minimum atomic E-state index is -3.91. The standard InChI is InChI=1S/C20H25N3O3S/c1-15(2)13-21-22-20(24)14-23(19-11-10-16(3)12-17(19)4)27(25,26)18-8-6-5-7-9-18/h5-13,15H,14H2,1-4H3,(H,22,24)/b21-13+. The first-order chi connectivity index (χ1) is 12.7. The highest BCUT2D eigenvalue weighted by atomic mass is 32.2. The third-order valence-electron chi connectivity index (χ3n) is 3.80. The van der Waals surface area contributed by atoms with Gasteiger partial charge in [-0.05, 0) is 43.5 Å². The summed E-state index contributed by atoms with van der Waals surface area (Å²) < 4.78 is 27.5. The van der Waals surface area contributed by atoms with Gasteiger partial charge in [-0.2, -0.15) is 5.10 Å². The van der Waals surface area contributed by atoms with E-state index in [-0.39, 0.29) is 17.4 Å². The Morgan fingerprint density at radius 1 is 1.15 bits per heavy atom. The van der Waals surface area contributed by atoms with Gasteiger partial charge in [0, 0.05) is 6.21 Å². The summed E-state index contributed by atoms with van der Waals surface area (Å²) in [5.74, 6) is -0.333. The van der Waals surface area contributed by atoms with E-state index in [1.807, 2.05) is 39.8 Å². The molecule has 0 heterocycles. The number of carbonyl (C=O) groups is 1. The maximum Gasteiger partial charge on any atom is 0.264 e. The van der Waals surface area contributed by atoms with Gasteiger partial charge in [0.25, 0.3) is 15.9 Å². The molecule has 0 aliphatic rings. The molecule has 0 spiro atoms. The number of hydrogen-bond acceptors (Lipinski definition) is 4. The van der Waals surface area contributed by atoms with E-state index in [1.165, 1.54) is 12.1 Å². The summed E-state index contributed by atoms with van der Waals surface area (Å²) in [7, 11) is -3.91. The van der Waals surface area contributed by atoms with E-state index in [2.05, 4.69) is 10.5 Å². The number of hydrazone groups is 1. The molecule has 0 radical (unpaired) electrons. The van der Waals surface area contributed by atoms with Crippen molar-refractivity contribution in [2.75, 3.05) is 10.8 Å². The van der Waals surface area contributed by atoms with Crippen molar-refractivity contribution in [2.24, 2.45) is 11.0 Å². The lowest BCUT2D eigenvalue weighted by Gasteiger charge is -2.25. The SMILES string of the molecule is Cc1ccc(N(CC(=O)N/N=C/C(C)C)S(=O)(=O)c2ccccc2)c(C)c1. The molecule has 0 saturated carbocycles. The molecule has 2 aromatic carbocycles. The number of aryl methyl sites for hydroxylation is 2. The average molecular weight is 388 g/mol. The van der Waals surface area contributed by atoms with E-state index in [1.54, 1.807) is 30.5 Å². The van der Waals surface area contributed by atoms with Crippen LogP contribution in [0.1, 0.15) is 25.0 Å². The lowest BCUT2D eigenvalue weighted by molar-refractivity contribution is -0.119. The Morgan fingerprint density at radius 3 is 2.41 bits per heavy atom. The molecule has 0 atom stereocenters. The fraction of sp³-hybridized carbons (Fsp3) is 0.300. The van der Waals surface area contributed by atoms with Gasteiger partial charge in [-0.3, -0.25) is 9.10 Å². The Kier molecular flexibility index (Phi) is 6.74. The first-order valence-electron chi connectivity index (χ1n) is 8.69. The van der Waals surface area contributed by atoms with Crippen molar-refractivity contribution < 1.29 is 13.2 Å². The molecule has 6 nitrogen and oxygen atoms in total. The molecule has 0 saturated heterocycles. The molecule has 0 bridgehead atoms. The van der Waals surface area contributed by atoms with E-state index in [0.29, 0.717) is 5.69 Å². The van der Waals surface area contributed by atoms with E-state index in [0.717, 1.165) is 15.4 Å². The van der Waals surface area contributed by atoms with Crippen LogP contribution in [0, 0.1) is 19.8 Å². The Bertz CT molecular complexity index is 923. The van der Waals surface area contributed by atoms with Crippen LogP contribution in [0.3, 0.4) is 0 Å². The second kappa shape index (κ2) is 8.81. The molecule has 7 heteroatoms. The average Bonchev–Trinajstić information content (AvgIpc) is 2.60. The highest BCUT2D eigenvalue weighted by Crippen LogP contribution is 2.27. The molecule has 0 aliphatic carbocycles. The lowest BCUT2D eigenvalue weighted by atomic mass is 10.1. The predicted molar refractivity (Wildman–Crippen MR) is 108 cm³/mol. The summed E-state index contributed by atoms with van der Waals surface area (Å²) >= 11 is 0. The number of nitrogens with zero attached hydrogens (tertiary/aromatic N) is 2. The van der Waals surface area contributed by atoms with Crippen molar-refractivity contribution in [3.8, 4) is 0 Å². The number of anilines is 1. The largest absolute Gasteiger partial charge is 0.271 e. The molecule has 0 aliphatic heterocycles. The number of benzene rings is 2. The third-order valence-corrected chi connectivity index (χ3v) is 5.58. The van der Waals surface area contributed by atoms with E-state index in [4.69, 9.17) is 0 Å². The van der Waals surface area contributed by atoms with Crippen molar-refractivity contribution in [1.29, 1.82) is 0 Å². The van der Waals surface area contributed by atoms with Crippen molar-refractivity contribution >= 4 is 27.8 Å². The number of nitrogens with one attached hydrogen (secondary N) is 1. The van der Waals surface area contributed by atoms with Crippen molar-refractivity contribution in [3.63, 3.8) is 0 Å². The minimum absolute atomic E-state index is 0.128. The van der Waals surface area contributed by atoms with Crippen molar-refractivity contribution in [1.82, 2.24) is 5.43 Å². The van der Waals surface area contributed by atoms with E-state index >= 15 is 0 Å².